The molecule has 1 heterocycles. The third-order valence-corrected chi connectivity index (χ3v) is 1.50. The Morgan fingerprint density at radius 3 is 2.17 bits per heavy atom. The zero-order valence-electron chi connectivity index (χ0n) is 7.23. The van der Waals surface area contributed by atoms with Crippen molar-refractivity contribution in [3.63, 3.8) is 0 Å². The van der Waals surface area contributed by atoms with E-state index in [0.717, 1.165) is 19.6 Å². The Morgan fingerprint density at radius 1 is 1.42 bits per heavy atom. The second-order valence-corrected chi connectivity index (χ2v) is 10.5. The van der Waals surface area contributed by atoms with Crippen molar-refractivity contribution in [2.24, 2.45) is 0 Å². The first-order valence-electron chi connectivity index (χ1n) is 3.71. The standard InChI is InChI=1S/C6H13N2.3ClH.Ti/c1-6-5-8(2)4-3-7-6;;;;/h6H,3-5H2,1-2H3;3*1H;/q-1;;;;+4/p-3. The summed E-state index contributed by atoms with van der Waals surface area (Å²) in [6.45, 7) is 5.47. The number of hydrogen-bond acceptors (Lipinski definition) is 1. The van der Waals surface area contributed by atoms with E-state index in [1.807, 2.05) is 0 Å². The molecular formula is C6H13Cl3N2Ti. The summed E-state index contributed by atoms with van der Waals surface area (Å²) in [5.74, 6) is 0. The summed E-state index contributed by atoms with van der Waals surface area (Å²) < 4.78 is 0. The van der Waals surface area contributed by atoms with Crippen LogP contribution in [0.1, 0.15) is 6.92 Å². The van der Waals surface area contributed by atoms with E-state index in [1.165, 1.54) is 0 Å². The van der Waals surface area contributed by atoms with Crippen LogP contribution in [0.3, 0.4) is 0 Å². The Balaban J connectivity index is 0.000000261. The van der Waals surface area contributed by atoms with Crippen LogP contribution >= 0.6 is 27.9 Å². The third kappa shape index (κ3) is 9.59. The number of likely N-dealkylation sites (N-methyl/N-ethyl adjacent to an activating group) is 1. The average Bonchev–Trinajstić information content (AvgIpc) is 1.84. The second-order valence-electron chi connectivity index (χ2n) is 2.73. The van der Waals surface area contributed by atoms with Crippen molar-refractivity contribution in [1.82, 2.24) is 4.90 Å². The molecule has 1 aliphatic heterocycles. The maximum atomic E-state index is 4.97. The molecule has 72 valence electrons. The van der Waals surface area contributed by atoms with E-state index in [-0.39, 0.29) is 0 Å². The van der Waals surface area contributed by atoms with Crippen LogP contribution in [-0.2, 0) is 14.7 Å². The number of hydrogen-bond donors (Lipinski definition) is 0. The summed E-state index contributed by atoms with van der Waals surface area (Å²) >= 11 is -1.92. The first-order chi connectivity index (χ1) is 5.52. The fourth-order valence-corrected chi connectivity index (χ4v) is 1.05. The van der Waals surface area contributed by atoms with Gasteiger partial charge in [0.15, 0.2) is 0 Å². The quantitative estimate of drug-likeness (QED) is 0.617. The van der Waals surface area contributed by atoms with Gasteiger partial charge >= 0.3 is 42.6 Å². The summed E-state index contributed by atoms with van der Waals surface area (Å²) in [5.41, 5.74) is 0. The molecule has 12 heavy (non-hydrogen) atoms. The summed E-state index contributed by atoms with van der Waals surface area (Å²) in [4.78, 5) is 2.32. The molecule has 0 spiro atoms. The van der Waals surface area contributed by atoms with Crippen LogP contribution < -0.4 is 0 Å². The number of piperazine rings is 1. The van der Waals surface area contributed by atoms with E-state index in [4.69, 9.17) is 27.9 Å². The summed E-state index contributed by atoms with van der Waals surface area (Å²) in [5, 5.41) is 4.34. The minimum absolute atomic E-state index is 0.564. The van der Waals surface area contributed by atoms with Gasteiger partial charge in [-0.25, -0.2) is 0 Å². The molecular weight excluding hydrogens is 254 g/mol. The van der Waals surface area contributed by atoms with Crippen LogP contribution in [0.2, 0.25) is 0 Å². The van der Waals surface area contributed by atoms with E-state index in [1.54, 1.807) is 0 Å². The predicted molar refractivity (Wildman–Crippen MR) is 52.7 cm³/mol. The summed E-state index contributed by atoms with van der Waals surface area (Å²) in [6, 6.07) is 0.564. The van der Waals surface area contributed by atoms with Crippen LogP contribution in [0.15, 0.2) is 0 Å². The molecule has 0 amide bonds. The van der Waals surface area contributed by atoms with Crippen molar-refractivity contribution < 1.29 is 14.7 Å². The molecule has 1 atom stereocenters. The first kappa shape index (κ1) is 13.5. The number of nitrogens with zero attached hydrogens (tertiary/aromatic N) is 2. The average molecular weight is 267 g/mol. The van der Waals surface area contributed by atoms with E-state index < -0.39 is 14.7 Å². The van der Waals surface area contributed by atoms with E-state index in [9.17, 15) is 0 Å². The van der Waals surface area contributed by atoms with Crippen LogP contribution in [0, 0.1) is 0 Å². The second kappa shape index (κ2) is 7.87. The predicted octanol–water partition coefficient (Wildman–Crippen LogP) is 2.76. The van der Waals surface area contributed by atoms with Gasteiger partial charge in [-0.15, -0.1) is 12.6 Å². The molecule has 2 nitrogen and oxygen atoms in total. The molecule has 0 aromatic rings. The van der Waals surface area contributed by atoms with Crippen LogP contribution in [0.25, 0.3) is 5.32 Å². The molecule has 1 fully saturated rings. The molecule has 0 aromatic carbocycles. The van der Waals surface area contributed by atoms with Crippen molar-refractivity contribution >= 4 is 27.9 Å². The maximum absolute atomic E-state index is 4.97. The summed E-state index contributed by atoms with van der Waals surface area (Å²) in [7, 11) is 17.1. The normalized spacial score (nSPS) is 24.2. The Labute approximate surface area is 92.0 Å². The van der Waals surface area contributed by atoms with E-state index in [0.29, 0.717) is 6.04 Å². The van der Waals surface area contributed by atoms with Crippen molar-refractivity contribution in [3.8, 4) is 0 Å². The zero-order chi connectivity index (χ0) is 9.56. The molecule has 6 heteroatoms. The van der Waals surface area contributed by atoms with Gasteiger partial charge in [0.2, 0.25) is 0 Å². The SMILES string of the molecule is CC1CN(C)CC[N-]1.[Cl][Ti+]([Cl])[Cl]. The van der Waals surface area contributed by atoms with Gasteiger partial charge in [-0.2, -0.15) is 0 Å². The van der Waals surface area contributed by atoms with Gasteiger partial charge < -0.3 is 10.2 Å². The van der Waals surface area contributed by atoms with Gasteiger partial charge in [-0.05, 0) is 20.1 Å². The Kier molecular flexibility index (Phi) is 8.85. The van der Waals surface area contributed by atoms with E-state index in [2.05, 4.69) is 24.2 Å². The van der Waals surface area contributed by atoms with Gasteiger partial charge in [0.05, 0.1) is 0 Å². The molecule has 1 aliphatic rings. The Bertz CT molecular complexity index is 104. The van der Waals surface area contributed by atoms with Crippen LogP contribution in [0.4, 0.5) is 0 Å². The molecule has 0 aliphatic carbocycles. The molecule has 1 saturated heterocycles. The summed E-state index contributed by atoms with van der Waals surface area (Å²) in [6.07, 6.45) is 0. The van der Waals surface area contributed by atoms with Crippen molar-refractivity contribution in [2.75, 3.05) is 26.7 Å². The topological polar surface area (TPSA) is 17.3 Å². The van der Waals surface area contributed by atoms with Gasteiger partial charge in [-0.1, -0.05) is 6.92 Å². The van der Waals surface area contributed by atoms with Gasteiger partial charge in [0, 0.05) is 0 Å². The first-order valence-corrected chi connectivity index (χ1v) is 10.2. The van der Waals surface area contributed by atoms with Crippen LogP contribution in [0.5, 0.6) is 0 Å². The zero-order valence-corrected chi connectivity index (χ0v) is 11.1. The van der Waals surface area contributed by atoms with Crippen molar-refractivity contribution in [1.29, 1.82) is 0 Å². The van der Waals surface area contributed by atoms with Crippen molar-refractivity contribution in [3.05, 3.63) is 5.32 Å². The number of halogens is 3. The van der Waals surface area contributed by atoms with Crippen molar-refractivity contribution in [2.45, 2.75) is 13.0 Å². The molecule has 0 bridgehead atoms. The van der Waals surface area contributed by atoms with Gasteiger partial charge in [-0.3, -0.25) is 0 Å². The fraction of sp³-hybridized carbons (Fsp3) is 1.00. The van der Waals surface area contributed by atoms with Gasteiger partial charge in [0.25, 0.3) is 0 Å². The van der Waals surface area contributed by atoms with E-state index >= 15 is 0 Å². The fourth-order valence-electron chi connectivity index (χ4n) is 1.05. The van der Waals surface area contributed by atoms with Crippen LogP contribution in [-0.4, -0.2) is 37.6 Å². The minimum atomic E-state index is -1.92. The molecule has 0 radical (unpaired) electrons. The van der Waals surface area contributed by atoms with Gasteiger partial charge in [0.1, 0.15) is 0 Å². The molecule has 0 N–H and O–H groups in total. The monoisotopic (exact) mass is 266 g/mol. The Morgan fingerprint density at radius 2 is 1.92 bits per heavy atom. The molecule has 0 aromatic heterocycles. The molecule has 1 unspecified atom stereocenters. The molecule has 0 saturated carbocycles. The number of rotatable bonds is 0. The molecule has 1 rings (SSSR count). The third-order valence-electron chi connectivity index (χ3n) is 1.50. The Hall–Kier alpha value is 1.50.